The molecule has 0 spiro atoms. The summed E-state index contributed by atoms with van der Waals surface area (Å²) in [6.07, 6.45) is 0.574. The third kappa shape index (κ3) is 8.30. The molecule has 0 aliphatic carbocycles. The number of aliphatic imine (C=N–C) groups is 1. The van der Waals surface area contributed by atoms with E-state index in [0.717, 1.165) is 36.6 Å². The number of hydrogen-bond acceptors (Lipinski definition) is 5. The largest absolute Gasteiger partial charge is 0.383 e. The predicted octanol–water partition coefficient (Wildman–Crippen LogP) is 3.94. The van der Waals surface area contributed by atoms with Gasteiger partial charge >= 0.3 is 0 Å². The quantitative estimate of drug-likeness (QED) is 0.254. The Balaban J connectivity index is 0.00000363. The smallest absolute Gasteiger partial charge is 0.191 e. The highest BCUT2D eigenvalue weighted by Gasteiger charge is 2.24. The lowest BCUT2D eigenvalue weighted by molar-refractivity contribution is -0.0704. The average molecular weight is 573 g/mol. The lowest BCUT2D eigenvalue weighted by Crippen LogP contribution is -2.44. The molecule has 0 amide bonds. The van der Waals surface area contributed by atoms with Crippen molar-refractivity contribution in [3.8, 4) is 0 Å². The molecule has 1 fully saturated rings. The van der Waals surface area contributed by atoms with Crippen molar-refractivity contribution in [2.24, 2.45) is 4.99 Å². The van der Waals surface area contributed by atoms with Crippen LogP contribution < -0.4 is 10.6 Å². The molecule has 1 aliphatic heterocycles. The molecule has 1 aromatic heterocycles. The molecule has 0 bridgehead atoms. The second kappa shape index (κ2) is 12.9. The number of nitrogens with zero attached hydrogens (tertiary/aromatic N) is 2. The molecule has 6 nitrogen and oxygen atoms in total. The number of thiophene rings is 1. The van der Waals surface area contributed by atoms with Crippen molar-refractivity contribution in [1.82, 2.24) is 15.5 Å². The number of aliphatic hydroxyl groups is 1. The standard InChI is InChI=1S/C24H36N4O2S.HI/c1-5-25-23(27-17-24(4,29)22-7-6-12-31-22)26-13-20-8-10-21(11-9-20)16-28-14-18(2)30-19(3)15-28;/h6-12,18-19,29H,5,13-17H2,1-4H3,(H2,25,26,27);1H. The lowest BCUT2D eigenvalue weighted by Gasteiger charge is -2.35. The van der Waals surface area contributed by atoms with E-state index in [9.17, 15) is 5.11 Å². The van der Waals surface area contributed by atoms with Crippen LogP contribution in [0.4, 0.5) is 0 Å². The molecule has 3 rings (SSSR count). The van der Waals surface area contributed by atoms with Crippen LogP contribution in [0.5, 0.6) is 0 Å². The molecule has 32 heavy (non-hydrogen) atoms. The molecule has 1 aromatic carbocycles. The van der Waals surface area contributed by atoms with Crippen molar-refractivity contribution in [2.45, 2.75) is 58.6 Å². The van der Waals surface area contributed by atoms with Crippen LogP contribution in [-0.4, -0.2) is 54.4 Å². The number of nitrogens with one attached hydrogen (secondary N) is 2. The van der Waals surface area contributed by atoms with E-state index in [1.54, 1.807) is 11.3 Å². The van der Waals surface area contributed by atoms with E-state index in [4.69, 9.17) is 9.73 Å². The highest BCUT2D eigenvalue weighted by Crippen LogP contribution is 2.24. The van der Waals surface area contributed by atoms with Crippen LogP contribution in [0, 0.1) is 0 Å². The Labute approximate surface area is 213 Å². The minimum absolute atomic E-state index is 0. The van der Waals surface area contributed by atoms with Crippen molar-refractivity contribution in [2.75, 3.05) is 26.2 Å². The maximum absolute atomic E-state index is 10.7. The van der Waals surface area contributed by atoms with E-state index in [0.29, 0.717) is 19.0 Å². The minimum Gasteiger partial charge on any atom is -0.383 e. The van der Waals surface area contributed by atoms with Crippen LogP contribution >= 0.6 is 35.3 Å². The fraction of sp³-hybridized carbons (Fsp3) is 0.542. The van der Waals surface area contributed by atoms with Gasteiger partial charge in [0.05, 0.1) is 25.3 Å². The summed E-state index contributed by atoms with van der Waals surface area (Å²) >= 11 is 1.56. The Bertz CT molecular complexity index is 817. The number of benzene rings is 1. The van der Waals surface area contributed by atoms with Gasteiger partial charge in [0.1, 0.15) is 5.60 Å². The number of halogens is 1. The fourth-order valence-electron chi connectivity index (χ4n) is 3.86. The Hall–Kier alpha value is -1.20. The zero-order chi connectivity index (χ0) is 22.3. The first kappa shape index (κ1) is 27.0. The average Bonchev–Trinajstić information content (AvgIpc) is 3.26. The zero-order valence-electron chi connectivity index (χ0n) is 19.5. The first-order valence-electron chi connectivity index (χ1n) is 11.1. The van der Waals surface area contributed by atoms with Crippen molar-refractivity contribution in [1.29, 1.82) is 0 Å². The first-order chi connectivity index (χ1) is 14.9. The third-order valence-electron chi connectivity index (χ3n) is 5.34. The van der Waals surface area contributed by atoms with Gasteiger partial charge in [0, 0.05) is 31.1 Å². The van der Waals surface area contributed by atoms with Crippen molar-refractivity contribution in [3.63, 3.8) is 0 Å². The Morgan fingerprint density at radius 1 is 1.16 bits per heavy atom. The van der Waals surface area contributed by atoms with E-state index in [1.807, 2.05) is 31.4 Å². The van der Waals surface area contributed by atoms with E-state index >= 15 is 0 Å². The van der Waals surface area contributed by atoms with Gasteiger partial charge in [0.15, 0.2) is 5.96 Å². The number of ether oxygens (including phenoxy) is 1. The summed E-state index contributed by atoms with van der Waals surface area (Å²) in [7, 11) is 0. The predicted molar refractivity (Wildman–Crippen MR) is 144 cm³/mol. The Kier molecular flexibility index (Phi) is 10.9. The minimum atomic E-state index is -0.930. The number of rotatable bonds is 8. The Morgan fingerprint density at radius 2 is 1.81 bits per heavy atom. The van der Waals surface area contributed by atoms with Gasteiger partial charge in [0.2, 0.25) is 0 Å². The van der Waals surface area contributed by atoms with Crippen LogP contribution in [0.15, 0.2) is 46.8 Å². The molecule has 8 heteroatoms. The summed E-state index contributed by atoms with van der Waals surface area (Å²) < 4.78 is 5.83. The van der Waals surface area contributed by atoms with Gasteiger partial charge in [-0.05, 0) is 50.3 Å². The highest BCUT2D eigenvalue weighted by molar-refractivity contribution is 14.0. The van der Waals surface area contributed by atoms with Gasteiger partial charge in [0.25, 0.3) is 0 Å². The summed E-state index contributed by atoms with van der Waals surface area (Å²) in [6.45, 7) is 12.8. The molecule has 3 unspecified atom stereocenters. The lowest BCUT2D eigenvalue weighted by atomic mass is 10.1. The topological polar surface area (TPSA) is 69.1 Å². The molecule has 0 saturated carbocycles. The summed E-state index contributed by atoms with van der Waals surface area (Å²) in [4.78, 5) is 8.09. The van der Waals surface area contributed by atoms with E-state index < -0.39 is 5.60 Å². The number of hydrogen-bond donors (Lipinski definition) is 3. The molecule has 2 aromatic rings. The summed E-state index contributed by atoms with van der Waals surface area (Å²) in [6, 6.07) is 12.6. The highest BCUT2D eigenvalue weighted by atomic mass is 127. The molecular weight excluding hydrogens is 535 g/mol. The summed E-state index contributed by atoms with van der Waals surface area (Å²) in [5, 5.41) is 19.2. The van der Waals surface area contributed by atoms with E-state index in [2.05, 4.69) is 53.6 Å². The van der Waals surface area contributed by atoms with Crippen LogP contribution in [0.2, 0.25) is 0 Å². The van der Waals surface area contributed by atoms with Crippen LogP contribution in [0.3, 0.4) is 0 Å². The SMILES string of the molecule is CCNC(=NCc1ccc(CN2CC(C)OC(C)C2)cc1)NCC(C)(O)c1cccs1.I. The molecule has 3 atom stereocenters. The van der Waals surface area contributed by atoms with Gasteiger partial charge in [-0.15, -0.1) is 35.3 Å². The summed E-state index contributed by atoms with van der Waals surface area (Å²) in [5.74, 6) is 0.708. The molecule has 3 N–H and O–H groups in total. The second-order valence-corrected chi connectivity index (χ2v) is 9.52. The van der Waals surface area contributed by atoms with Crippen molar-refractivity contribution < 1.29 is 9.84 Å². The maximum atomic E-state index is 10.7. The van der Waals surface area contributed by atoms with Crippen molar-refractivity contribution >= 4 is 41.3 Å². The molecule has 2 heterocycles. The Morgan fingerprint density at radius 3 is 2.41 bits per heavy atom. The third-order valence-corrected chi connectivity index (χ3v) is 6.46. The van der Waals surface area contributed by atoms with Gasteiger partial charge in [-0.1, -0.05) is 30.3 Å². The van der Waals surface area contributed by atoms with Gasteiger partial charge in [-0.2, -0.15) is 0 Å². The summed E-state index contributed by atoms with van der Waals surface area (Å²) in [5.41, 5.74) is 1.54. The monoisotopic (exact) mass is 572 g/mol. The first-order valence-corrected chi connectivity index (χ1v) is 12.0. The van der Waals surface area contributed by atoms with Crippen LogP contribution in [-0.2, 0) is 23.4 Å². The van der Waals surface area contributed by atoms with E-state index in [-0.39, 0.29) is 36.2 Å². The van der Waals surface area contributed by atoms with Gasteiger partial charge in [-0.3, -0.25) is 4.90 Å². The van der Waals surface area contributed by atoms with Crippen LogP contribution in [0.25, 0.3) is 0 Å². The molecular formula is C24H37IN4O2S. The van der Waals surface area contributed by atoms with Crippen LogP contribution in [0.1, 0.15) is 43.7 Å². The van der Waals surface area contributed by atoms with Gasteiger partial charge < -0.3 is 20.5 Å². The molecule has 1 aliphatic rings. The fourth-order valence-corrected chi connectivity index (χ4v) is 4.65. The zero-order valence-corrected chi connectivity index (χ0v) is 22.7. The number of guanidine groups is 1. The second-order valence-electron chi connectivity index (χ2n) is 8.57. The molecule has 1 saturated heterocycles. The number of morpholine rings is 1. The molecule has 178 valence electrons. The molecule has 0 radical (unpaired) electrons. The van der Waals surface area contributed by atoms with Crippen molar-refractivity contribution in [3.05, 3.63) is 57.8 Å². The normalized spacial score (nSPS) is 21.5. The maximum Gasteiger partial charge on any atom is 0.191 e. The van der Waals surface area contributed by atoms with E-state index in [1.165, 1.54) is 5.56 Å². The van der Waals surface area contributed by atoms with Gasteiger partial charge in [-0.25, -0.2) is 4.99 Å².